The average Bonchev–Trinajstić information content (AvgIpc) is 2.71. The van der Waals surface area contributed by atoms with Crippen molar-refractivity contribution in [3.05, 3.63) is 65.2 Å². The van der Waals surface area contributed by atoms with Gasteiger partial charge in [-0.1, -0.05) is 32.0 Å². The number of nitrogens with zero attached hydrogens (tertiary/aromatic N) is 3. The van der Waals surface area contributed by atoms with Crippen LogP contribution in [-0.2, 0) is 16.6 Å². The molecule has 0 unspecified atom stereocenters. The lowest BCUT2D eigenvalue weighted by Crippen LogP contribution is -2.47. The fraction of sp³-hybridized carbons (Fsp3) is 0.476. The van der Waals surface area contributed by atoms with Crippen molar-refractivity contribution in [2.75, 3.05) is 26.2 Å². The third-order valence-electron chi connectivity index (χ3n) is 5.33. The summed E-state index contributed by atoms with van der Waals surface area (Å²) in [5.74, 6) is -0.127. The molecule has 1 aliphatic heterocycles. The second kappa shape index (κ2) is 9.11. The number of hydrogen-bond donors (Lipinski definition) is 0. The first-order valence-electron chi connectivity index (χ1n) is 9.88. The van der Waals surface area contributed by atoms with Crippen molar-refractivity contribution < 1.29 is 12.8 Å². The van der Waals surface area contributed by atoms with E-state index >= 15 is 0 Å². The standard InChI is InChI=1S/C21H28FN3O2S/c1-3-24(4-2)28(26,27)25-13-5-6-19(16-25)21-12-9-18(15-23-21)14-17-7-10-20(22)11-8-17/h7-12,15,19H,3-6,13-14,16H2,1-2H3/t19-/m1/s1. The van der Waals surface area contributed by atoms with Crippen LogP contribution in [0.5, 0.6) is 0 Å². The number of piperidine rings is 1. The molecule has 7 heteroatoms. The van der Waals surface area contributed by atoms with Gasteiger partial charge in [0.05, 0.1) is 0 Å². The van der Waals surface area contributed by atoms with Gasteiger partial charge in [-0.15, -0.1) is 0 Å². The Labute approximate surface area is 167 Å². The van der Waals surface area contributed by atoms with Crippen molar-refractivity contribution in [2.45, 2.75) is 39.0 Å². The Morgan fingerprint density at radius 1 is 1.11 bits per heavy atom. The Morgan fingerprint density at radius 2 is 1.79 bits per heavy atom. The lowest BCUT2D eigenvalue weighted by molar-refractivity contribution is 0.285. The van der Waals surface area contributed by atoms with Gasteiger partial charge < -0.3 is 0 Å². The minimum Gasteiger partial charge on any atom is -0.261 e. The molecule has 0 amide bonds. The molecule has 1 aliphatic rings. The Bertz CT molecular complexity index is 866. The first-order chi connectivity index (χ1) is 13.4. The van der Waals surface area contributed by atoms with E-state index in [0.29, 0.717) is 32.6 Å². The summed E-state index contributed by atoms with van der Waals surface area (Å²) in [6, 6.07) is 10.5. The van der Waals surface area contributed by atoms with Gasteiger partial charge in [0, 0.05) is 44.0 Å². The van der Waals surface area contributed by atoms with Crippen molar-refractivity contribution in [1.82, 2.24) is 13.6 Å². The van der Waals surface area contributed by atoms with Gasteiger partial charge in [-0.3, -0.25) is 4.98 Å². The zero-order valence-corrected chi connectivity index (χ0v) is 17.3. The fourth-order valence-electron chi connectivity index (χ4n) is 3.73. The van der Waals surface area contributed by atoms with Crippen LogP contribution in [0.2, 0.25) is 0 Å². The normalized spacial score (nSPS) is 18.5. The highest BCUT2D eigenvalue weighted by Crippen LogP contribution is 2.28. The second-order valence-corrected chi connectivity index (χ2v) is 9.11. The molecule has 1 aromatic carbocycles. The van der Waals surface area contributed by atoms with Crippen LogP contribution >= 0.6 is 0 Å². The number of pyridine rings is 1. The Hall–Kier alpha value is -1.83. The fourth-order valence-corrected chi connectivity index (χ4v) is 5.43. The van der Waals surface area contributed by atoms with Gasteiger partial charge in [0.15, 0.2) is 0 Å². The van der Waals surface area contributed by atoms with Crippen LogP contribution in [0.15, 0.2) is 42.6 Å². The molecule has 28 heavy (non-hydrogen) atoms. The summed E-state index contributed by atoms with van der Waals surface area (Å²) >= 11 is 0. The summed E-state index contributed by atoms with van der Waals surface area (Å²) < 4.78 is 41.8. The Kier molecular flexibility index (Phi) is 6.80. The van der Waals surface area contributed by atoms with Gasteiger partial charge in [-0.2, -0.15) is 17.0 Å². The molecule has 0 bridgehead atoms. The first-order valence-corrected chi connectivity index (χ1v) is 11.3. The number of halogens is 1. The molecule has 1 fully saturated rings. The van der Waals surface area contributed by atoms with Gasteiger partial charge in [-0.25, -0.2) is 4.39 Å². The van der Waals surface area contributed by atoms with Crippen molar-refractivity contribution in [1.29, 1.82) is 0 Å². The van der Waals surface area contributed by atoms with E-state index in [1.165, 1.54) is 16.4 Å². The molecule has 0 N–H and O–H groups in total. The van der Waals surface area contributed by atoms with Crippen molar-refractivity contribution in [2.24, 2.45) is 0 Å². The summed E-state index contributed by atoms with van der Waals surface area (Å²) in [5.41, 5.74) is 3.02. The summed E-state index contributed by atoms with van der Waals surface area (Å²) in [6.07, 6.45) is 4.32. The molecule has 0 radical (unpaired) electrons. The molecule has 1 atom stereocenters. The highest BCUT2D eigenvalue weighted by molar-refractivity contribution is 7.86. The molecule has 0 saturated carbocycles. The summed E-state index contributed by atoms with van der Waals surface area (Å²) in [5, 5.41) is 0. The van der Waals surface area contributed by atoms with Gasteiger partial charge in [0.2, 0.25) is 0 Å². The largest absolute Gasteiger partial charge is 0.281 e. The third-order valence-corrected chi connectivity index (χ3v) is 7.48. The molecule has 0 aliphatic carbocycles. The maximum atomic E-state index is 13.0. The maximum Gasteiger partial charge on any atom is 0.281 e. The number of benzene rings is 1. The molecular weight excluding hydrogens is 377 g/mol. The van der Waals surface area contributed by atoms with Gasteiger partial charge in [-0.05, 0) is 48.6 Å². The highest BCUT2D eigenvalue weighted by Gasteiger charge is 2.33. The van der Waals surface area contributed by atoms with E-state index in [9.17, 15) is 12.8 Å². The van der Waals surface area contributed by atoms with Crippen molar-refractivity contribution in [3.8, 4) is 0 Å². The van der Waals surface area contributed by atoms with Gasteiger partial charge in [0.1, 0.15) is 5.82 Å². The van der Waals surface area contributed by atoms with E-state index in [0.717, 1.165) is 29.7 Å². The molecule has 3 rings (SSSR count). The van der Waals surface area contributed by atoms with Crippen LogP contribution in [0.25, 0.3) is 0 Å². The lowest BCUT2D eigenvalue weighted by Gasteiger charge is -2.34. The zero-order chi connectivity index (χ0) is 20.1. The molecule has 2 heterocycles. The third kappa shape index (κ3) is 4.77. The molecule has 152 valence electrons. The minimum atomic E-state index is -3.41. The highest BCUT2D eigenvalue weighted by atomic mass is 32.2. The monoisotopic (exact) mass is 405 g/mol. The SMILES string of the molecule is CCN(CC)S(=O)(=O)N1CCC[C@@H](c2ccc(Cc3ccc(F)cc3)cn2)C1. The topological polar surface area (TPSA) is 53.5 Å². The predicted molar refractivity (Wildman–Crippen MR) is 109 cm³/mol. The molecule has 1 saturated heterocycles. The van der Waals surface area contributed by atoms with E-state index in [-0.39, 0.29) is 11.7 Å². The van der Waals surface area contributed by atoms with Crippen molar-refractivity contribution in [3.63, 3.8) is 0 Å². The number of aromatic nitrogens is 1. The van der Waals surface area contributed by atoms with Gasteiger partial charge >= 0.3 is 0 Å². The van der Waals surface area contributed by atoms with E-state index < -0.39 is 10.2 Å². The summed E-state index contributed by atoms with van der Waals surface area (Å²) in [7, 11) is -3.41. The Balaban J connectivity index is 1.68. The van der Waals surface area contributed by atoms with Crippen LogP contribution in [0.4, 0.5) is 4.39 Å². The van der Waals surface area contributed by atoms with E-state index in [4.69, 9.17) is 0 Å². The number of rotatable bonds is 7. The van der Waals surface area contributed by atoms with Crippen LogP contribution in [0.1, 0.15) is 49.4 Å². The summed E-state index contributed by atoms with van der Waals surface area (Å²) in [4.78, 5) is 4.61. The summed E-state index contributed by atoms with van der Waals surface area (Å²) in [6.45, 7) is 5.74. The number of hydrogen-bond acceptors (Lipinski definition) is 3. The van der Waals surface area contributed by atoms with Gasteiger partial charge in [0.25, 0.3) is 10.2 Å². The maximum absolute atomic E-state index is 13.0. The quantitative estimate of drug-likeness (QED) is 0.708. The van der Waals surface area contributed by atoms with E-state index in [2.05, 4.69) is 4.98 Å². The van der Waals surface area contributed by atoms with Crippen LogP contribution in [0.3, 0.4) is 0 Å². The van der Waals surface area contributed by atoms with Crippen LogP contribution in [0, 0.1) is 5.82 Å². The first kappa shape index (κ1) is 20.9. The zero-order valence-electron chi connectivity index (χ0n) is 16.5. The van der Waals surface area contributed by atoms with Crippen molar-refractivity contribution >= 4 is 10.2 Å². The molecule has 0 spiro atoms. The smallest absolute Gasteiger partial charge is 0.261 e. The van der Waals surface area contributed by atoms with Crippen LogP contribution in [-0.4, -0.2) is 48.2 Å². The molecule has 1 aromatic heterocycles. The Morgan fingerprint density at radius 3 is 2.39 bits per heavy atom. The van der Waals surface area contributed by atoms with E-state index in [1.54, 1.807) is 16.4 Å². The molecular formula is C21H28FN3O2S. The minimum absolute atomic E-state index is 0.110. The molecule has 2 aromatic rings. The van der Waals surface area contributed by atoms with Crippen LogP contribution < -0.4 is 0 Å². The lowest BCUT2D eigenvalue weighted by atomic mass is 9.95. The van der Waals surface area contributed by atoms with E-state index in [1.807, 2.05) is 32.2 Å². The molecule has 5 nitrogen and oxygen atoms in total. The second-order valence-electron chi connectivity index (χ2n) is 7.18. The predicted octanol–water partition coefficient (Wildman–Crippen LogP) is 3.58. The average molecular weight is 406 g/mol.